The molecule has 2 aliphatic heterocycles. The lowest BCUT2D eigenvalue weighted by Gasteiger charge is -2.35. The van der Waals surface area contributed by atoms with Gasteiger partial charge in [0.25, 0.3) is 0 Å². The first-order valence-electron chi connectivity index (χ1n) is 7.16. The van der Waals surface area contributed by atoms with E-state index >= 15 is 0 Å². The third-order valence-corrected chi connectivity index (χ3v) is 4.18. The van der Waals surface area contributed by atoms with E-state index in [1.807, 2.05) is 0 Å². The molecule has 3 rings (SSSR count). The van der Waals surface area contributed by atoms with Crippen molar-refractivity contribution in [3.8, 4) is 0 Å². The first-order chi connectivity index (χ1) is 9.24. The molecule has 2 N–H and O–H groups in total. The van der Waals surface area contributed by atoms with Gasteiger partial charge in [0.1, 0.15) is 0 Å². The Labute approximate surface area is 112 Å². The molecule has 1 aliphatic carbocycles. The van der Waals surface area contributed by atoms with Crippen LogP contribution < -0.4 is 10.6 Å². The third kappa shape index (κ3) is 3.00. The highest BCUT2D eigenvalue weighted by atomic mass is 16.5. The predicted molar refractivity (Wildman–Crippen MR) is 68.6 cm³/mol. The highest BCUT2D eigenvalue weighted by Crippen LogP contribution is 2.36. The van der Waals surface area contributed by atoms with Crippen molar-refractivity contribution in [3.05, 3.63) is 0 Å². The van der Waals surface area contributed by atoms with Gasteiger partial charge in [0.2, 0.25) is 5.91 Å². The highest BCUT2D eigenvalue weighted by Gasteiger charge is 2.41. The zero-order valence-electron chi connectivity index (χ0n) is 11.1. The van der Waals surface area contributed by atoms with Gasteiger partial charge < -0.3 is 20.3 Å². The molecule has 19 heavy (non-hydrogen) atoms. The van der Waals surface area contributed by atoms with E-state index in [9.17, 15) is 9.59 Å². The molecule has 6 heteroatoms. The quantitative estimate of drug-likeness (QED) is 0.744. The fourth-order valence-electron chi connectivity index (χ4n) is 2.90. The van der Waals surface area contributed by atoms with Crippen molar-refractivity contribution in [1.82, 2.24) is 15.5 Å². The number of urea groups is 1. The smallest absolute Gasteiger partial charge is 0.317 e. The monoisotopic (exact) mass is 267 g/mol. The van der Waals surface area contributed by atoms with Crippen LogP contribution in [0.25, 0.3) is 0 Å². The first-order valence-corrected chi connectivity index (χ1v) is 7.16. The number of ether oxygens (including phenoxy) is 1. The Morgan fingerprint density at radius 1 is 1.26 bits per heavy atom. The average Bonchev–Trinajstić information content (AvgIpc) is 3.26. The second-order valence-electron chi connectivity index (χ2n) is 5.62. The lowest BCUT2D eigenvalue weighted by Crippen LogP contribution is -2.59. The highest BCUT2D eigenvalue weighted by molar-refractivity contribution is 5.79. The number of nitrogens with zero attached hydrogens (tertiary/aromatic N) is 1. The van der Waals surface area contributed by atoms with Crippen LogP contribution in [0.2, 0.25) is 0 Å². The summed E-state index contributed by atoms with van der Waals surface area (Å²) in [5.41, 5.74) is 0. The van der Waals surface area contributed by atoms with Gasteiger partial charge in [-0.05, 0) is 25.2 Å². The van der Waals surface area contributed by atoms with Crippen LogP contribution in [0.1, 0.15) is 25.7 Å². The summed E-state index contributed by atoms with van der Waals surface area (Å²) >= 11 is 0. The Hall–Kier alpha value is -1.30. The minimum Gasteiger partial charge on any atom is -0.378 e. The molecular formula is C13H21N3O3. The molecule has 3 aliphatic rings. The number of hydrogen-bond acceptors (Lipinski definition) is 3. The number of carbonyl (C=O) groups is 2. The van der Waals surface area contributed by atoms with Crippen LogP contribution in [-0.4, -0.2) is 55.2 Å². The molecule has 2 atom stereocenters. The number of hydrogen-bond donors (Lipinski definition) is 2. The van der Waals surface area contributed by atoms with Crippen LogP contribution in [0, 0.1) is 5.92 Å². The van der Waals surface area contributed by atoms with E-state index in [-0.39, 0.29) is 24.0 Å². The zero-order chi connectivity index (χ0) is 13.2. The molecule has 0 aromatic rings. The van der Waals surface area contributed by atoms with E-state index in [1.165, 1.54) is 0 Å². The summed E-state index contributed by atoms with van der Waals surface area (Å²) < 4.78 is 5.24. The fourth-order valence-corrected chi connectivity index (χ4v) is 2.90. The number of morpholine rings is 1. The van der Waals surface area contributed by atoms with E-state index in [0.29, 0.717) is 38.6 Å². The number of nitrogens with one attached hydrogen (secondary N) is 2. The van der Waals surface area contributed by atoms with Crippen molar-refractivity contribution in [1.29, 1.82) is 0 Å². The van der Waals surface area contributed by atoms with Gasteiger partial charge in [-0.15, -0.1) is 0 Å². The summed E-state index contributed by atoms with van der Waals surface area (Å²) in [7, 11) is 0. The summed E-state index contributed by atoms with van der Waals surface area (Å²) in [6, 6.07) is 0.196. The van der Waals surface area contributed by atoms with Crippen LogP contribution >= 0.6 is 0 Å². The fraction of sp³-hybridized carbons (Fsp3) is 0.846. The Balaban J connectivity index is 1.57. The Bertz CT molecular complexity index is 364. The zero-order valence-corrected chi connectivity index (χ0v) is 11.1. The SMILES string of the molecule is O=C1CC[C@H](NC(=O)N2CCOCC2)[C@H](C2CC2)N1. The molecule has 0 aromatic carbocycles. The standard InChI is InChI=1S/C13H21N3O3/c17-11-4-3-10(12(15-11)9-1-2-9)14-13(18)16-5-7-19-8-6-16/h9-10,12H,1-8H2,(H,14,18)(H,15,17)/t10-,12-/m0/s1. The molecule has 6 nitrogen and oxygen atoms in total. The topological polar surface area (TPSA) is 70.7 Å². The van der Waals surface area contributed by atoms with Crippen molar-refractivity contribution in [3.63, 3.8) is 0 Å². The lowest BCUT2D eigenvalue weighted by atomic mass is 9.94. The van der Waals surface area contributed by atoms with Gasteiger partial charge in [0, 0.05) is 19.5 Å². The van der Waals surface area contributed by atoms with Gasteiger partial charge in [-0.25, -0.2) is 4.79 Å². The van der Waals surface area contributed by atoms with Gasteiger partial charge in [-0.1, -0.05) is 0 Å². The lowest BCUT2D eigenvalue weighted by molar-refractivity contribution is -0.124. The summed E-state index contributed by atoms with van der Waals surface area (Å²) in [4.78, 5) is 25.5. The van der Waals surface area contributed by atoms with Crippen molar-refractivity contribution in [2.24, 2.45) is 5.92 Å². The van der Waals surface area contributed by atoms with Crippen LogP contribution in [0.3, 0.4) is 0 Å². The first kappa shape index (κ1) is 12.7. The van der Waals surface area contributed by atoms with Crippen LogP contribution in [-0.2, 0) is 9.53 Å². The van der Waals surface area contributed by atoms with Crippen molar-refractivity contribution < 1.29 is 14.3 Å². The second kappa shape index (κ2) is 5.36. The predicted octanol–water partition coefficient (Wildman–Crippen LogP) is 0.0854. The van der Waals surface area contributed by atoms with Gasteiger partial charge >= 0.3 is 6.03 Å². The van der Waals surface area contributed by atoms with E-state index in [0.717, 1.165) is 19.3 Å². The molecule has 1 saturated carbocycles. The van der Waals surface area contributed by atoms with Crippen molar-refractivity contribution >= 4 is 11.9 Å². The average molecular weight is 267 g/mol. The maximum Gasteiger partial charge on any atom is 0.317 e. The molecule has 0 unspecified atom stereocenters. The van der Waals surface area contributed by atoms with Gasteiger partial charge in [-0.3, -0.25) is 4.79 Å². The molecule has 0 radical (unpaired) electrons. The largest absolute Gasteiger partial charge is 0.378 e. The Kier molecular flexibility index (Phi) is 3.59. The van der Waals surface area contributed by atoms with Gasteiger partial charge in [0.05, 0.1) is 25.3 Å². The van der Waals surface area contributed by atoms with E-state index in [4.69, 9.17) is 4.74 Å². The molecule has 3 fully saturated rings. The van der Waals surface area contributed by atoms with E-state index < -0.39 is 0 Å². The summed E-state index contributed by atoms with van der Waals surface area (Å²) in [5.74, 6) is 0.674. The summed E-state index contributed by atoms with van der Waals surface area (Å²) in [6.45, 7) is 2.53. The Morgan fingerprint density at radius 3 is 2.68 bits per heavy atom. The molecular weight excluding hydrogens is 246 g/mol. The van der Waals surface area contributed by atoms with Crippen LogP contribution in [0.4, 0.5) is 4.79 Å². The molecule has 106 valence electrons. The maximum atomic E-state index is 12.2. The maximum absolute atomic E-state index is 12.2. The molecule has 2 heterocycles. The van der Waals surface area contributed by atoms with E-state index in [2.05, 4.69) is 10.6 Å². The molecule has 3 amide bonds. The molecule has 0 bridgehead atoms. The minimum atomic E-state index is -0.0184. The molecule has 0 spiro atoms. The number of amides is 3. The number of carbonyl (C=O) groups excluding carboxylic acids is 2. The van der Waals surface area contributed by atoms with Gasteiger partial charge in [-0.2, -0.15) is 0 Å². The second-order valence-corrected chi connectivity index (χ2v) is 5.62. The molecule has 0 aromatic heterocycles. The Morgan fingerprint density at radius 2 is 2.00 bits per heavy atom. The summed E-state index contributed by atoms with van der Waals surface area (Å²) in [6.07, 6.45) is 3.59. The third-order valence-electron chi connectivity index (χ3n) is 4.18. The van der Waals surface area contributed by atoms with Crippen LogP contribution in [0.5, 0.6) is 0 Å². The molecule has 2 saturated heterocycles. The number of rotatable bonds is 2. The van der Waals surface area contributed by atoms with Crippen LogP contribution in [0.15, 0.2) is 0 Å². The summed E-state index contributed by atoms with van der Waals surface area (Å²) in [5, 5.41) is 6.14. The van der Waals surface area contributed by atoms with Crippen molar-refractivity contribution in [2.45, 2.75) is 37.8 Å². The van der Waals surface area contributed by atoms with Gasteiger partial charge in [0.15, 0.2) is 0 Å². The minimum absolute atomic E-state index is 0.0184. The van der Waals surface area contributed by atoms with Crippen molar-refractivity contribution in [2.75, 3.05) is 26.3 Å². The van der Waals surface area contributed by atoms with E-state index in [1.54, 1.807) is 4.90 Å². The normalized spacial score (nSPS) is 31.8. The number of piperidine rings is 1.